The van der Waals surface area contributed by atoms with Crippen LogP contribution in [-0.4, -0.2) is 24.8 Å². The molecular weight excluding hydrogens is 210 g/mol. The summed E-state index contributed by atoms with van der Waals surface area (Å²) in [6.45, 7) is 12.9. The van der Waals surface area contributed by atoms with Crippen LogP contribution in [0.15, 0.2) is 12.2 Å². The first kappa shape index (κ1) is 14.7. The second-order valence-corrected chi connectivity index (χ2v) is 6.46. The van der Waals surface area contributed by atoms with Gasteiger partial charge < -0.3 is 10.1 Å². The van der Waals surface area contributed by atoms with Crippen molar-refractivity contribution in [2.75, 3.05) is 13.2 Å². The Morgan fingerprint density at radius 2 is 1.94 bits per heavy atom. The number of nitrogens with one attached hydrogen (secondary N) is 1. The minimum Gasteiger partial charge on any atom is -0.377 e. The highest BCUT2D eigenvalue weighted by molar-refractivity contribution is 4.93. The van der Waals surface area contributed by atoms with Crippen molar-refractivity contribution in [1.29, 1.82) is 0 Å². The molecule has 0 aromatic heterocycles. The molecular formula is C15H29NO. The van der Waals surface area contributed by atoms with Crippen molar-refractivity contribution in [2.24, 2.45) is 11.8 Å². The Hall–Kier alpha value is -0.340. The molecule has 0 aromatic rings. The van der Waals surface area contributed by atoms with Crippen LogP contribution in [0, 0.1) is 11.8 Å². The van der Waals surface area contributed by atoms with Gasteiger partial charge in [-0.25, -0.2) is 0 Å². The van der Waals surface area contributed by atoms with Crippen molar-refractivity contribution in [3.63, 3.8) is 0 Å². The van der Waals surface area contributed by atoms with Crippen LogP contribution in [0.1, 0.15) is 47.5 Å². The van der Waals surface area contributed by atoms with Crippen LogP contribution in [0.4, 0.5) is 0 Å². The highest BCUT2D eigenvalue weighted by atomic mass is 16.5. The Morgan fingerprint density at radius 1 is 1.29 bits per heavy atom. The highest BCUT2D eigenvalue weighted by Gasteiger charge is 2.19. The monoisotopic (exact) mass is 239 g/mol. The van der Waals surface area contributed by atoms with Gasteiger partial charge in [-0.05, 0) is 52.4 Å². The van der Waals surface area contributed by atoms with E-state index in [0.717, 1.165) is 19.1 Å². The summed E-state index contributed by atoms with van der Waals surface area (Å²) in [4.78, 5) is 0. The molecule has 0 aromatic carbocycles. The predicted molar refractivity (Wildman–Crippen MR) is 74.2 cm³/mol. The Balaban J connectivity index is 2.19. The molecule has 17 heavy (non-hydrogen) atoms. The fraction of sp³-hybridized carbons (Fsp3) is 0.867. The zero-order valence-corrected chi connectivity index (χ0v) is 12.1. The van der Waals surface area contributed by atoms with Crippen molar-refractivity contribution in [2.45, 2.75) is 59.1 Å². The van der Waals surface area contributed by atoms with E-state index in [-0.39, 0.29) is 5.54 Å². The molecule has 0 aliphatic heterocycles. The van der Waals surface area contributed by atoms with Gasteiger partial charge in [0, 0.05) is 12.1 Å². The lowest BCUT2D eigenvalue weighted by Crippen LogP contribution is -2.41. The van der Waals surface area contributed by atoms with Crippen molar-refractivity contribution in [3.05, 3.63) is 12.2 Å². The molecule has 0 saturated carbocycles. The third-order valence-corrected chi connectivity index (χ3v) is 3.43. The Bertz CT molecular complexity index is 242. The number of allylic oxidation sites excluding steroid dienone is 2. The summed E-state index contributed by atoms with van der Waals surface area (Å²) in [5.74, 6) is 1.47. The average molecular weight is 239 g/mol. The molecule has 0 amide bonds. The first-order chi connectivity index (χ1) is 7.88. The van der Waals surface area contributed by atoms with E-state index in [4.69, 9.17) is 4.74 Å². The molecule has 2 heteroatoms. The molecule has 2 nitrogen and oxygen atoms in total. The fourth-order valence-corrected chi connectivity index (χ4v) is 2.04. The molecule has 3 unspecified atom stereocenters. The van der Waals surface area contributed by atoms with Crippen LogP contribution < -0.4 is 5.32 Å². The predicted octanol–water partition coefficient (Wildman–Crippen LogP) is 3.38. The van der Waals surface area contributed by atoms with E-state index in [0.29, 0.717) is 12.0 Å². The second kappa shape index (κ2) is 6.55. The smallest absolute Gasteiger partial charge is 0.0671 e. The molecule has 0 bridgehead atoms. The number of hydrogen-bond donors (Lipinski definition) is 1. The topological polar surface area (TPSA) is 21.3 Å². The molecule has 3 atom stereocenters. The van der Waals surface area contributed by atoms with Crippen LogP contribution in [0.3, 0.4) is 0 Å². The maximum atomic E-state index is 5.95. The largest absolute Gasteiger partial charge is 0.377 e. The summed E-state index contributed by atoms with van der Waals surface area (Å²) in [6.07, 6.45) is 7.29. The Morgan fingerprint density at radius 3 is 2.53 bits per heavy atom. The maximum absolute atomic E-state index is 5.95. The minimum absolute atomic E-state index is 0.179. The summed E-state index contributed by atoms with van der Waals surface area (Å²) >= 11 is 0. The molecule has 100 valence electrons. The van der Waals surface area contributed by atoms with Crippen molar-refractivity contribution in [1.82, 2.24) is 5.32 Å². The quantitative estimate of drug-likeness (QED) is 0.743. The molecule has 0 fully saturated rings. The van der Waals surface area contributed by atoms with Gasteiger partial charge in [0.05, 0.1) is 12.7 Å². The molecule has 0 heterocycles. The Kier molecular flexibility index (Phi) is 5.68. The molecule has 1 aliphatic rings. The molecule has 1 aliphatic carbocycles. The van der Waals surface area contributed by atoms with Crippen LogP contribution in [0.2, 0.25) is 0 Å². The van der Waals surface area contributed by atoms with Gasteiger partial charge in [-0.1, -0.05) is 19.1 Å². The normalized spacial score (nSPS) is 27.1. The number of hydrogen-bond acceptors (Lipinski definition) is 2. The third-order valence-electron chi connectivity index (χ3n) is 3.43. The summed E-state index contributed by atoms with van der Waals surface area (Å²) in [5.41, 5.74) is 0.179. The zero-order valence-electron chi connectivity index (χ0n) is 12.1. The molecule has 1 N–H and O–H groups in total. The maximum Gasteiger partial charge on any atom is 0.0671 e. The lowest BCUT2D eigenvalue weighted by atomic mass is 9.85. The summed E-state index contributed by atoms with van der Waals surface area (Å²) in [6, 6.07) is 0. The lowest BCUT2D eigenvalue weighted by molar-refractivity contribution is 0.0241. The van der Waals surface area contributed by atoms with Crippen LogP contribution in [-0.2, 0) is 4.74 Å². The van der Waals surface area contributed by atoms with Gasteiger partial charge in [0.1, 0.15) is 0 Å². The van der Waals surface area contributed by atoms with Crippen molar-refractivity contribution in [3.8, 4) is 0 Å². The SMILES string of the molecule is CC(CNC(C)(C)C)OCC1CC=CCC1C. The number of ether oxygens (including phenoxy) is 1. The number of rotatable bonds is 5. The van der Waals surface area contributed by atoms with E-state index >= 15 is 0 Å². The van der Waals surface area contributed by atoms with E-state index in [2.05, 4.69) is 52.1 Å². The fourth-order valence-electron chi connectivity index (χ4n) is 2.04. The molecule has 0 radical (unpaired) electrons. The van der Waals surface area contributed by atoms with Gasteiger partial charge in [0.25, 0.3) is 0 Å². The van der Waals surface area contributed by atoms with E-state index in [1.807, 2.05) is 0 Å². The van der Waals surface area contributed by atoms with Gasteiger partial charge in [-0.15, -0.1) is 0 Å². The van der Waals surface area contributed by atoms with Gasteiger partial charge in [-0.3, -0.25) is 0 Å². The highest BCUT2D eigenvalue weighted by Crippen LogP contribution is 2.25. The first-order valence-electron chi connectivity index (χ1n) is 6.90. The molecule has 0 spiro atoms. The van der Waals surface area contributed by atoms with Gasteiger partial charge >= 0.3 is 0 Å². The minimum atomic E-state index is 0.179. The van der Waals surface area contributed by atoms with Crippen LogP contribution in [0.5, 0.6) is 0 Å². The Labute approximate surface area is 107 Å². The third kappa shape index (κ3) is 6.23. The average Bonchev–Trinajstić information content (AvgIpc) is 2.24. The van der Waals surface area contributed by atoms with Gasteiger partial charge in [0.15, 0.2) is 0 Å². The summed E-state index contributed by atoms with van der Waals surface area (Å²) in [7, 11) is 0. The van der Waals surface area contributed by atoms with Gasteiger partial charge in [-0.2, -0.15) is 0 Å². The molecule has 1 rings (SSSR count). The van der Waals surface area contributed by atoms with Gasteiger partial charge in [0.2, 0.25) is 0 Å². The zero-order chi connectivity index (χ0) is 12.9. The first-order valence-corrected chi connectivity index (χ1v) is 6.90. The van der Waals surface area contributed by atoms with Crippen molar-refractivity contribution >= 4 is 0 Å². The van der Waals surface area contributed by atoms with E-state index in [1.54, 1.807) is 0 Å². The summed E-state index contributed by atoms with van der Waals surface area (Å²) < 4.78 is 5.95. The van der Waals surface area contributed by atoms with E-state index in [1.165, 1.54) is 12.8 Å². The second-order valence-electron chi connectivity index (χ2n) is 6.46. The van der Waals surface area contributed by atoms with Crippen LogP contribution in [0.25, 0.3) is 0 Å². The summed E-state index contributed by atoms with van der Waals surface area (Å²) in [5, 5.41) is 3.48. The van der Waals surface area contributed by atoms with Crippen molar-refractivity contribution < 1.29 is 4.74 Å². The van der Waals surface area contributed by atoms with Crippen LogP contribution >= 0.6 is 0 Å². The van der Waals surface area contributed by atoms with E-state index in [9.17, 15) is 0 Å². The lowest BCUT2D eigenvalue weighted by Gasteiger charge is -2.28. The standard InChI is InChI=1S/C15H29NO/c1-12-8-6-7-9-14(12)11-17-13(2)10-16-15(3,4)5/h6-7,12-14,16H,8-11H2,1-5H3. The molecule has 0 saturated heterocycles. The van der Waals surface area contributed by atoms with E-state index < -0.39 is 0 Å².